The highest BCUT2D eigenvalue weighted by Crippen LogP contribution is 2.33. The highest BCUT2D eigenvalue weighted by molar-refractivity contribution is 6.36. The van der Waals surface area contributed by atoms with Crippen LogP contribution in [0.15, 0.2) is 42.5 Å². The molecule has 0 aliphatic carbocycles. The van der Waals surface area contributed by atoms with Crippen molar-refractivity contribution in [2.45, 2.75) is 12.5 Å². The predicted molar refractivity (Wildman–Crippen MR) is 95.5 cm³/mol. The largest absolute Gasteiger partial charge is 0.497 e. The van der Waals surface area contributed by atoms with E-state index in [4.69, 9.17) is 21.1 Å². The summed E-state index contributed by atoms with van der Waals surface area (Å²) in [4.78, 5) is 26.2. The van der Waals surface area contributed by atoms with Crippen LogP contribution in [0.1, 0.15) is 6.42 Å². The van der Waals surface area contributed by atoms with Gasteiger partial charge in [-0.25, -0.2) is 4.90 Å². The van der Waals surface area contributed by atoms with Gasteiger partial charge < -0.3 is 14.8 Å². The van der Waals surface area contributed by atoms with Crippen LogP contribution in [-0.4, -0.2) is 32.1 Å². The molecule has 0 aromatic heterocycles. The fourth-order valence-corrected chi connectivity index (χ4v) is 2.96. The van der Waals surface area contributed by atoms with Gasteiger partial charge in [0.15, 0.2) is 0 Å². The number of benzene rings is 2. The second kappa shape index (κ2) is 7.03. The van der Waals surface area contributed by atoms with Crippen LogP contribution in [0.4, 0.5) is 11.4 Å². The Morgan fingerprint density at radius 3 is 2.56 bits per heavy atom. The Hall–Kier alpha value is -2.73. The highest BCUT2D eigenvalue weighted by atomic mass is 35.5. The molecule has 2 aromatic rings. The van der Waals surface area contributed by atoms with Crippen LogP contribution in [0.5, 0.6) is 11.5 Å². The van der Waals surface area contributed by atoms with Gasteiger partial charge >= 0.3 is 0 Å². The summed E-state index contributed by atoms with van der Waals surface area (Å²) >= 11 is 6.12. The van der Waals surface area contributed by atoms with Gasteiger partial charge in [0.05, 0.1) is 37.0 Å². The molecular formula is C18H17ClN2O4. The number of rotatable bonds is 5. The second-order valence-corrected chi connectivity index (χ2v) is 5.89. The summed E-state index contributed by atoms with van der Waals surface area (Å²) in [6.07, 6.45) is 0.0409. The quantitative estimate of drug-likeness (QED) is 0.830. The van der Waals surface area contributed by atoms with E-state index in [1.54, 1.807) is 49.6 Å². The number of hydrogen-bond acceptors (Lipinski definition) is 5. The molecule has 25 heavy (non-hydrogen) atoms. The second-order valence-electron chi connectivity index (χ2n) is 5.49. The molecule has 1 aliphatic heterocycles. The maximum Gasteiger partial charge on any atom is 0.256 e. The third-order valence-corrected chi connectivity index (χ3v) is 4.30. The fraction of sp³-hybridized carbons (Fsp3) is 0.222. The summed E-state index contributed by atoms with van der Waals surface area (Å²) in [5.41, 5.74) is 1.00. The van der Waals surface area contributed by atoms with Gasteiger partial charge in [-0.05, 0) is 24.3 Å². The zero-order valence-electron chi connectivity index (χ0n) is 13.8. The van der Waals surface area contributed by atoms with Crippen molar-refractivity contribution in [1.82, 2.24) is 0 Å². The molecule has 1 saturated heterocycles. The summed E-state index contributed by atoms with van der Waals surface area (Å²) in [6, 6.07) is 11.3. The van der Waals surface area contributed by atoms with E-state index in [0.717, 1.165) is 4.90 Å². The summed E-state index contributed by atoms with van der Waals surface area (Å²) in [5.74, 6) is 0.503. The number of carbonyl (C=O) groups excluding carboxylic acids is 2. The molecule has 0 spiro atoms. The number of nitrogens with zero attached hydrogens (tertiary/aromatic N) is 1. The lowest BCUT2D eigenvalue weighted by atomic mass is 10.2. The molecule has 1 unspecified atom stereocenters. The van der Waals surface area contributed by atoms with Crippen LogP contribution in [0.2, 0.25) is 5.02 Å². The molecule has 1 N–H and O–H groups in total. The van der Waals surface area contributed by atoms with E-state index >= 15 is 0 Å². The maximum absolute atomic E-state index is 12.7. The van der Waals surface area contributed by atoms with E-state index in [2.05, 4.69) is 5.32 Å². The Balaban J connectivity index is 1.85. The van der Waals surface area contributed by atoms with Crippen molar-refractivity contribution in [3.63, 3.8) is 0 Å². The van der Waals surface area contributed by atoms with Gasteiger partial charge in [0.25, 0.3) is 5.91 Å². The molecule has 2 aromatic carbocycles. The topological polar surface area (TPSA) is 67.9 Å². The number of methoxy groups -OCH3 is 2. The summed E-state index contributed by atoms with van der Waals surface area (Å²) < 4.78 is 10.5. The molecule has 1 fully saturated rings. The third-order valence-electron chi connectivity index (χ3n) is 3.98. The smallest absolute Gasteiger partial charge is 0.256 e. The SMILES string of the molecule is COc1ccc(NC2CC(=O)N(c3ccccc3Cl)C2=O)c(OC)c1. The van der Waals surface area contributed by atoms with Crippen molar-refractivity contribution in [1.29, 1.82) is 0 Å². The lowest BCUT2D eigenvalue weighted by Gasteiger charge is -2.18. The Morgan fingerprint density at radius 2 is 1.88 bits per heavy atom. The number of nitrogens with one attached hydrogen (secondary N) is 1. The molecule has 1 atom stereocenters. The minimum absolute atomic E-state index is 0.0409. The predicted octanol–water partition coefficient (Wildman–Crippen LogP) is 3.10. The number of para-hydroxylation sites is 1. The van der Waals surface area contributed by atoms with Crippen molar-refractivity contribution in [2.75, 3.05) is 24.4 Å². The van der Waals surface area contributed by atoms with Gasteiger partial charge in [0.1, 0.15) is 17.5 Å². The van der Waals surface area contributed by atoms with Crippen molar-refractivity contribution < 1.29 is 19.1 Å². The van der Waals surface area contributed by atoms with Crippen LogP contribution in [0, 0.1) is 0 Å². The summed E-state index contributed by atoms with van der Waals surface area (Å²) in [6.45, 7) is 0. The molecule has 3 rings (SSSR count). The Bertz CT molecular complexity index is 824. The molecule has 1 aliphatic rings. The Labute approximate surface area is 150 Å². The third kappa shape index (κ3) is 3.25. The maximum atomic E-state index is 12.7. The average Bonchev–Trinajstić information content (AvgIpc) is 2.89. The van der Waals surface area contributed by atoms with Crippen LogP contribution in [-0.2, 0) is 9.59 Å². The minimum atomic E-state index is -0.689. The zero-order valence-corrected chi connectivity index (χ0v) is 14.5. The summed E-state index contributed by atoms with van der Waals surface area (Å²) in [5, 5.41) is 3.43. The first kappa shape index (κ1) is 17.1. The summed E-state index contributed by atoms with van der Waals surface area (Å²) in [7, 11) is 3.08. The standard InChI is InChI=1S/C18H17ClN2O4/c1-24-11-7-8-13(16(9-11)25-2)20-14-10-17(22)21(18(14)23)15-6-4-3-5-12(15)19/h3-9,14,20H,10H2,1-2H3. The molecule has 7 heteroatoms. The van der Waals surface area contributed by atoms with Crippen LogP contribution in [0.3, 0.4) is 0 Å². The number of imide groups is 1. The van der Waals surface area contributed by atoms with Crippen LogP contribution >= 0.6 is 11.6 Å². The number of hydrogen-bond donors (Lipinski definition) is 1. The molecule has 0 radical (unpaired) electrons. The van der Waals surface area contributed by atoms with Crippen LogP contribution < -0.4 is 19.7 Å². The molecular weight excluding hydrogens is 344 g/mol. The first-order valence-corrected chi connectivity index (χ1v) is 8.03. The lowest BCUT2D eigenvalue weighted by Crippen LogP contribution is -2.35. The zero-order chi connectivity index (χ0) is 18.0. The molecule has 6 nitrogen and oxygen atoms in total. The van der Waals surface area contributed by atoms with Gasteiger partial charge in [-0.3, -0.25) is 9.59 Å². The van der Waals surface area contributed by atoms with Crippen molar-refractivity contribution >= 4 is 34.8 Å². The first-order chi connectivity index (χ1) is 12.0. The number of anilines is 2. The van der Waals surface area contributed by atoms with E-state index in [-0.39, 0.29) is 18.2 Å². The molecule has 1 heterocycles. The molecule has 0 saturated carbocycles. The monoisotopic (exact) mass is 360 g/mol. The van der Waals surface area contributed by atoms with E-state index in [9.17, 15) is 9.59 Å². The van der Waals surface area contributed by atoms with Gasteiger partial charge in [-0.15, -0.1) is 0 Å². The fourth-order valence-electron chi connectivity index (χ4n) is 2.74. The number of ether oxygens (including phenoxy) is 2. The minimum Gasteiger partial charge on any atom is -0.497 e. The van der Waals surface area contributed by atoms with Crippen molar-refractivity contribution in [3.05, 3.63) is 47.5 Å². The average molecular weight is 361 g/mol. The van der Waals surface area contributed by atoms with E-state index < -0.39 is 6.04 Å². The normalized spacial score (nSPS) is 16.9. The number of amides is 2. The van der Waals surface area contributed by atoms with E-state index in [1.165, 1.54) is 7.11 Å². The van der Waals surface area contributed by atoms with E-state index in [1.807, 2.05) is 0 Å². The molecule has 0 bridgehead atoms. The van der Waals surface area contributed by atoms with Gasteiger partial charge in [-0.2, -0.15) is 0 Å². The molecule has 2 amide bonds. The van der Waals surface area contributed by atoms with Gasteiger partial charge in [-0.1, -0.05) is 23.7 Å². The molecule has 130 valence electrons. The van der Waals surface area contributed by atoms with Crippen LogP contribution in [0.25, 0.3) is 0 Å². The van der Waals surface area contributed by atoms with E-state index in [0.29, 0.717) is 27.9 Å². The Morgan fingerprint density at radius 1 is 1.12 bits per heavy atom. The number of halogens is 1. The lowest BCUT2D eigenvalue weighted by molar-refractivity contribution is -0.121. The van der Waals surface area contributed by atoms with Gasteiger partial charge in [0.2, 0.25) is 5.91 Å². The van der Waals surface area contributed by atoms with Crippen molar-refractivity contribution in [2.24, 2.45) is 0 Å². The first-order valence-electron chi connectivity index (χ1n) is 7.65. The Kier molecular flexibility index (Phi) is 4.81. The number of carbonyl (C=O) groups is 2. The van der Waals surface area contributed by atoms with Gasteiger partial charge in [0, 0.05) is 6.07 Å². The van der Waals surface area contributed by atoms with Crippen molar-refractivity contribution in [3.8, 4) is 11.5 Å². The highest BCUT2D eigenvalue weighted by Gasteiger charge is 2.40.